The Morgan fingerprint density at radius 1 is 1.59 bits per heavy atom. The number of methoxy groups -OCH3 is 1. The summed E-state index contributed by atoms with van der Waals surface area (Å²) in [7, 11) is 3.42. The molecule has 0 radical (unpaired) electrons. The number of aliphatic hydroxyl groups excluding tert-OH is 1. The van der Waals surface area contributed by atoms with E-state index in [4.69, 9.17) is 10.5 Å². The van der Waals surface area contributed by atoms with Crippen molar-refractivity contribution < 1.29 is 9.84 Å². The highest BCUT2D eigenvalue weighted by Gasteiger charge is 2.11. The lowest BCUT2D eigenvalue weighted by Crippen LogP contribution is -2.19. The summed E-state index contributed by atoms with van der Waals surface area (Å²) < 4.78 is 6.59. The van der Waals surface area contributed by atoms with Crippen LogP contribution in [-0.2, 0) is 18.2 Å². The third-order valence-corrected chi connectivity index (χ3v) is 2.62. The Balaban J connectivity index is 2.49. The number of hydrogen-bond acceptors (Lipinski definition) is 5. The minimum absolute atomic E-state index is 0.350. The molecule has 98 valence electrons. The summed E-state index contributed by atoms with van der Waals surface area (Å²) in [4.78, 5) is 0. The molecule has 1 unspecified atom stereocenters. The average molecular weight is 242 g/mol. The summed E-state index contributed by atoms with van der Waals surface area (Å²) in [5.74, 6) is 0.812. The van der Waals surface area contributed by atoms with Crippen molar-refractivity contribution in [3.63, 3.8) is 0 Å². The van der Waals surface area contributed by atoms with Gasteiger partial charge in [-0.25, -0.2) is 0 Å². The van der Waals surface area contributed by atoms with Crippen molar-refractivity contribution in [2.75, 3.05) is 31.3 Å². The van der Waals surface area contributed by atoms with Gasteiger partial charge in [0.25, 0.3) is 0 Å². The Morgan fingerprint density at radius 2 is 2.29 bits per heavy atom. The normalized spacial score (nSPS) is 12.7. The van der Waals surface area contributed by atoms with Crippen LogP contribution in [0.1, 0.15) is 19.0 Å². The van der Waals surface area contributed by atoms with Gasteiger partial charge in [0.1, 0.15) is 5.82 Å². The van der Waals surface area contributed by atoms with Crippen molar-refractivity contribution in [2.24, 2.45) is 7.05 Å². The molecule has 1 aromatic heterocycles. The van der Waals surface area contributed by atoms with Gasteiger partial charge in [0.15, 0.2) is 0 Å². The minimum Gasteiger partial charge on any atom is -0.394 e. The molecule has 0 spiro atoms. The van der Waals surface area contributed by atoms with E-state index in [2.05, 4.69) is 10.4 Å². The first kappa shape index (κ1) is 13.8. The minimum atomic E-state index is -0.451. The number of nitrogens with one attached hydrogen (secondary N) is 1. The smallest absolute Gasteiger partial charge is 0.147 e. The van der Waals surface area contributed by atoms with E-state index in [0.717, 1.165) is 17.9 Å². The van der Waals surface area contributed by atoms with E-state index in [1.165, 1.54) is 0 Å². The molecule has 0 aromatic carbocycles. The van der Waals surface area contributed by atoms with E-state index >= 15 is 0 Å². The second-order valence-corrected chi connectivity index (χ2v) is 4.01. The Hall–Kier alpha value is -1.27. The molecule has 0 amide bonds. The highest BCUT2D eigenvalue weighted by molar-refractivity contribution is 5.64. The van der Waals surface area contributed by atoms with Gasteiger partial charge in [0, 0.05) is 20.7 Å². The molecule has 0 aliphatic heterocycles. The Labute approximate surface area is 102 Å². The number of aromatic nitrogens is 2. The van der Waals surface area contributed by atoms with Crippen molar-refractivity contribution in [3.05, 3.63) is 5.69 Å². The number of aliphatic hydroxyl groups is 1. The fraction of sp³-hybridized carbons (Fsp3) is 0.727. The van der Waals surface area contributed by atoms with Crippen LogP contribution in [0, 0.1) is 0 Å². The Kier molecular flexibility index (Phi) is 5.24. The van der Waals surface area contributed by atoms with Crippen molar-refractivity contribution in [1.29, 1.82) is 0 Å². The molecule has 0 aliphatic carbocycles. The van der Waals surface area contributed by atoms with Crippen LogP contribution in [0.3, 0.4) is 0 Å². The average Bonchev–Trinajstić information content (AvgIpc) is 2.56. The maximum atomic E-state index is 9.50. The highest BCUT2D eigenvalue weighted by atomic mass is 16.5. The number of nitrogens with zero attached hydrogens (tertiary/aromatic N) is 2. The molecule has 0 saturated heterocycles. The van der Waals surface area contributed by atoms with Crippen LogP contribution >= 0.6 is 0 Å². The predicted molar refractivity (Wildman–Crippen MR) is 68.0 cm³/mol. The first-order chi connectivity index (χ1) is 8.10. The van der Waals surface area contributed by atoms with Crippen LogP contribution in [0.2, 0.25) is 0 Å². The molecule has 0 bridgehead atoms. The number of aryl methyl sites for hydroxylation is 2. The number of nitrogens with two attached hydrogens (primary N) is 1. The molecular formula is C11H22N4O2. The Bertz CT molecular complexity index is 351. The van der Waals surface area contributed by atoms with E-state index in [-0.39, 0.29) is 0 Å². The third-order valence-electron chi connectivity index (χ3n) is 2.62. The van der Waals surface area contributed by atoms with E-state index in [0.29, 0.717) is 25.3 Å². The number of rotatable bonds is 7. The largest absolute Gasteiger partial charge is 0.394 e. The molecule has 4 N–H and O–H groups in total. The zero-order valence-electron chi connectivity index (χ0n) is 10.7. The number of hydrogen-bond donors (Lipinski definition) is 3. The number of ether oxygens (including phenoxy) is 1. The van der Waals surface area contributed by atoms with Crippen molar-refractivity contribution in [1.82, 2.24) is 9.78 Å². The predicted octanol–water partition coefficient (Wildman–Crippen LogP) is 0.374. The molecule has 0 saturated carbocycles. The van der Waals surface area contributed by atoms with Crippen LogP contribution in [-0.4, -0.2) is 41.3 Å². The summed E-state index contributed by atoms with van der Waals surface area (Å²) >= 11 is 0. The zero-order valence-corrected chi connectivity index (χ0v) is 10.7. The molecule has 0 aliphatic rings. The maximum absolute atomic E-state index is 9.50. The topological polar surface area (TPSA) is 85.3 Å². The van der Waals surface area contributed by atoms with Crippen LogP contribution < -0.4 is 11.1 Å². The molecule has 17 heavy (non-hydrogen) atoms. The maximum Gasteiger partial charge on any atom is 0.147 e. The van der Waals surface area contributed by atoms with Crippen LogP contribution in [0.4, 0.5) is 11.5 Å². The second-order valence-electron chi connectivity index (χ2n) is 4.01. The number of nitrogen functional groups attached to an aromatic ring is 1. The van der Waals surface area contributed by atoms with Crippen molar-refractivity contribution in [3.8, 4) is 0 Å². The van der Waals surface area contributed by atoms with E-state index in [1.54, 1.807) is 11.8 Å². The fourth-order valence-corrected chi connectivity index (χ4v) is 1.70. The van der Waals surface area contributed by atoms with Crippen molar-refractivity contribution in [2.45, 2.75) is 25.9 Å². The fourth-order valence-electron chi connectivity index (χ4n) is 1.70. The first-order valence-corrected chi connectivity index (χ1v) is 5.82. The molecule has 0 fully saturated rings. The van der Waals surface area contributed by atoms with Crippen molar-refractivity contribution >= 4 is 11.5 Å². The number of anilines is 2. The Morgan fingerprint density at radius 3 is 2.82 bits per heavy atom. The summed E-state index contributed by atoms with van der Waals surface area (Å²) in [6, 6.07) is 0. The summed E-state index contributed by atoms with van der Waals surface area (Å²) in [5, 5.41) is 17.0. The first-order valence-electron chi connectivity index (χ1n) is 5.82. The molecule has 1 aromatic rings. The molecule has 1 atom stereocenters. The quantitative estimate of drug-likeness (QED) is 0.643. The monoisotopic (exact) mass is 242 g/mol. The van der Waals surface area contributed by atoms with E-state index < -0.39 is 6.10 Å². The molecule has 6 nitrogen and oxygen atoms in total. The van der Waals surface area contributed by atoms with Gasteiger partial charge in [0.2, 0.25) is 0 Å². The van der Waals surface area contributed by atoms with Gasteiger partial charge in [-0.3, -0.25) is 4.68 Å². The van der Waals surface area contributed by atoms with Gasteiger partial charge in [-0.15, -0.1) is 0 Å². The summed E-state index contributed by atoms with van der Waals surface area (Å²) in [5.41, 5.74) is 7.54. The highest BCUT2D eigenvalue weighted by Crippen LogP contribution is 2.22. The van der Waals surface area contributed by atoms with Gasteiger partial charge in [-0.05, 0) is 12.8 Å². The van der Waals surface area contributed by atoms with E-state index in [1.807, 2.05) is 14.0 Å². The van der Waals surface area contributed by atoms with Gasteiger partial charge < -0.3 is 20.9 Å². The lowest BCUT2D eigenvalue weighted by Gasteiger charge is -2.11. The van der Waals surface area contributed by atoms with Gasteiger partial charge in [-0.2, -0.15) is 5.10 Å². The third kappa shape index (κ3) is 3.61. The van der Waals surface area contributed by atoms with Crippen LogP contribution in [0.15, 0.2) is 0 Å². The molecule has 1 heterocycles. The van der Waals surface area contributed by atoms with Gasteiger partial charge in [0.05, 0.1) is 24.1 Å². The standard InChI is InChI=1S/C11H22N4O2/c1-4-9-10(12)11(15(2)14-9)13-6-5-8(16)7-17-3/h8,13,16H,4-7,12H2,1-3H3. The lowest BCUT2D eigenvalue weighted by molar-refractivity contribution is 0.0615. The van der Waals surface area contributed by atoms with E-state index in [9.17, 15) is 5.11 Å². The molecule has 1 rings (SSSR count). The lowest BCUT2D eigenvalue weighted by atomic mass is 10.2. The van der Waals surface area contributed by atoms with Crippen LogP contribution in [0.5, 0.6) is 0 Å². The van der Waals surface area contributed by atoms with Gasteiger partial charge >= 0.3 is 0 Å². The van der Waals surface area contributed by atoms with Gasteiger partial charge in [-0.1, -0.05) is 6.92 Å². The van der Waals surface area contributed by atoms with Crippen LogP contribution in [0.25, 0.3) is 0 Å². The second kappa shape index (κ2) is 6.46. The SMILES string of the molecule is CCc1nn(C)c(NCCC(O)COC)c1N. The molecule has 6 heteroatoms. The zero-order chi connectivity index (χ0) is 12.8. The summed E-state index contributed by atoms with van der Waals surface area (Å²) in [6.45, 7) is 3.00. The molecular weight excluding hydrogens is 220 g/mol. The summed E-state index contributed by atoms with van der Waals surface area (Å²) in [6.07, 6.45) is 0.973.